The predicted octanol–water partition coefficient (Wildman–Crippen LogP) is 3.45. The lowest BCUT2D eigenvalue weighted by atomic mass is 9.49. The summed E-state index contributed by atoms with van der Waals surface area (Å²) in [6.07, 6.45) is 5.04. The monoisotopic (exact) mass is 454 g/mol. The number of anilines is 1. The number of hydrogen-bond acceptors (Lipinski definition) is 5. The molecule has 0 spiro atoms. The van der Waals surface area contributed by atoms with Crippen molar-refractivity contribution in [2.24, 2.45) is 23.0 Å². The number of amides is 2. The number of primary amides is 1. The van der Waals surface area contributed by atoms with Gasteiger partial charge in [-0.25, -0.2) is 0 Å². The van der Waals surface area contributed by atoms with Crippen molar-refractivity contribution in [3.63, 3.8) is 0 Å². The Labute approximate surface area is 170 Å². The minimum Gasteiger partial charge on any atom is -0.452 e. The smallest absolute Gasteiger partial charge is 0.312 e. The maximum absolute atomic E-state index is 13.0. The minimum atomic E-state index is -0.931. The number of carbonyl (C=O) groups excluding carboxylic acids is 3. The minimum absolute atomic E-state index is 0.0506. The Morgan fingerprint density at radius 2 is 1.96 bits per heavy atom. The molecule has 0 saturated heterocycles. The second kappa shape index (κ2) is 6.58. The van der Waals surface area contributed by atoms with Crippen molar-refractivity contribution in [2.75, 3.05) is 5.32 Å². The molecule has 1 aromatic heterocycles. The summed E-state index contributed by atoms with van der Waals surface area (Å²) in [6, 6.07) is 1.56. The summed E-state index contributed by atoms with van der Waals surface area (Å²) >= 11 is 5.10. The van der Waals surface area contributed by atoms with Crippen LogP contribution in [-0.4, -0.2) is 28.2 Å². The zero-order valence-electron chi connectivity index (χ0n) is 15.1. The second-order valence-electron chi connectivity index (χ2n) is 8.46. The van der Waals surface area contributed by atoms with Crippen LogP contribution in [0.3, 0.4) is 0 Å². The van der Waals surface area contributed by atoms with Gasteiger partial charge in [0, 0.05) is 4.32 Å². The zero-order valence-corrected chi connectivity index (χ0v) is 17.5. The largest absolute Gasteiger partial charge is 0.452 e. The summed E-state index contributed by atoms with van der Waals surface area (Å²) in [5, 5.41) is 4.71. The highest BCUT2D eigenvalue weighted by molar-refractivity contribution is 9.10. The van der Waals surface area contributed by atoms with E-state index in [9.17, 15) is 14.4 Å². The number of esters is 1. The van der Waals surface area contributed by atoms with Gasteiger partial charge in [-0.1, -0.05) is 15.9 Å². The van der Waals surface area contributed by atoms with E-state index in [4.69, 9.17) is 10.5 Å². The van der Waals surface area contributed by atoms with Crippen LogP contribution in [0.5, 0.6) is 0 Å². The molecular weight excluding hydrogens is 432 g/mol. The van der Waals surface area contributed by atoms with Crippen molar-refractivity contribution in [1.29, 1.82) is 0 Å². The Bertz CT molecular complexity index is 793. The van der Waals surface area contributed by atoms with Crippen molar-refractivity contribution in [3.05, 3.63) is 17.0 Å². The Balaban J connectivity index is 1.43. The fourth-order valence-corrected chi connectivity index (χ4v) is 7.79. The molecule has 4 bridgehead atoms. The Kier molecular flexibility index (Phi) is 4.62. The maximum atomic E-state index is 13.0. The third kappa shape index (κ3) is 3.42. The van der Waals surface area contributed by atoms with Gasteiger partial charge >= 0.3 is 5.97 Å². The zero-order chi connectivity index (χ0) is 19.4. The van der Waals surface area contributed by atoms with Crippen LogP contribution in [-0.2, 0) is 14.3 Å². The van der Waals surface area contributed by atoms with E-state index in [0.717, 1.165) is 32.1 Å². The summed E-state index contributed by atoms with van der Waals surface area (Å²) in [5.74, 6) is -0.193. The average molecular weight is 455 g/mol. The first-order valence-corrected chi connectivity index (χ1v) is 11.0. The molecule has 8 heteroatoms. The summed E-state index contributed by atoms with van der Waals surface area (Å²) < 4.78 is 5.66. The van der Waals surface area contributed by atoms with Crippen LogP contribution in [0.25, 0.3) is 0 Å². The molecule has 5 rings (SSSR count). The summed E-state index contributed by atoms with van der Waals surface area (Å²) in [7, 11) is 0. The lowest BCUT2D eigenvalue weighted by molar-refractivity contribution is -0.175. The Morgan fingerprint density at radius 1 is 1.30 bits per heavy atom. The van der Waals surface area contributed by atoms with Crippen molar-refractivity contribution in [2.45, 2.75) is 55.9 Å². The molecule has 4 aliphatic rings. The van der Waals surface area contributed by atoms with E-state index in [1.54, 1.807) is 18.4 Å². The number of rotatable bonds is 5. The average Bonchev–Trinajstić information content (AvgIpc) is 3.00. The van der Waals surface area contributed by atoms with Crippen molar-refractivity contribution in [1.82, 2.24) is 0 Å². The van der Waals surface area contributed by atoms with Gasteiger partial charge in [0.15, 0.2) is 6.10 Å². The Morgan fingerprint density at radius 3 is 2.56 bits per heavy atom. The van der Waals surface area contributed by atoms with Gasteiger partial charge in [0.1, 0.15) is 5.00 Å². The molecule has 4 aliphatic carbocycles. The normalized spacial score (nSPS) is 34.9. The van der Waals surface area contributed by atoms with Crippen molar-refractivity contribution >= 4 is 50.1 Å². The van der Waals surface area contributed by atoms with Gasteiger partial charge in [-0.2, -0.15) is 0 Å². The predicted molar refractivity (Wildman–Crippen MR) is 106 cm³/mol. The molecule has 0 radical (unpaired) electrons. The van der Waals surface area contributed by atoms with Gasteiger partial charge in [0.05, 0.1) is 11.0 Å². The molecule has 27 heavy (non-hydrogen) atoms. The topological polar surface area (TPSA) is 98.5 Å². The van der Waals surface area contributed by atoms with Crippen molar-refractivity contribution < 1.29 is 19.1 Å². The lowest BCUT2D eigenvalue weighted by Gasteiger charge is -2.58. The van der Waals surface area contributed by atoms with Crippen molar-refractivity contribution in [3.8, 4) is 0 Å². The number of carbonyl (C=O) groups is 3. The third-order valence-corrected chi connectivity index (χ3v) is 8.00. The third-order valence-electron chi connectivity index (χ3n) is 6.24. The van der Waals surface area contributed by atoms with Crippen LogP contribution >= 0.6 is 27.3 Å². The number of alkyl halides is 1. The molecule has 0 aromatic carbocycles. The summed E-state index contributed by atoms with van der Waals surface area (Å²) in [6.45, 7) is 1.56. The molecule has 0 aliphatic heterocycles. The molecule has 3 N–H and O–H groups in total. The first kappa shape index (κ1) is 18.9. The second-order valence-corrected chi connectivity index (χ2v) is 11.1. The van der Waals surface area contributed by atoms with Crippen LogP contribution in [0, 0.1) is 17.3 Å². The molecule has 3 atom stereocenters. The molecule has 1 aromatic rings. The number of nitrogens with one attached hydrogen (secondary N) is 1. The van der Waals surface area contributed by atoms with E-state index in [0.29, 0.717) is 16.8 Å². The van der Waals surface area contributed by atoms with E-state index < -0.39 is 23.3 Å². The van der Waals surface area contributed by atoms with Gasteiger partial charge in [0.2, 0.25) is 0 Å². The van der Waals surface area contributed by atoms with Gasteiger partial charge in [-0.3, -0.25) is 14.4 Å². The van der Waals surface area contributed by atoms with Gasteiger partial charge in [0.25, 0.3) is 11.8 Å². The Hall–Kier alpha value is -1.41. The fourth-order valence-electron chi connectivity index (χ4n) is 5.54. The quantitative estimate of drug-likeness (QED) is 0.525. The molecule has 146 valence electrons. The molecule has 3 unspecified atom stereocenters. The van der Waals surface area contributed by atoms with Crippen LogP contribution < -0.4 is 11.1 Å². The number of thiophene rings is 1. The molecule has 4 fully saturated rings. The van der Waals surface area contributed by atoms with Crippen LogP contribution in [0.4, 0.5) is 5.00 Å². The standard InChI is InChI=1S/C19H23BrN2O4S/c1-10(15(24)22-16-13(14(21)23)2-3-27-16)26-17(25)18-5-11-4-12(6-18)8-19(20,7-11)9-18/h2-3,10-12H,4-9H2,1H3,(H2,21,23)(H,22,24). The maximum Gasteiger partial charge on any atom is 0.312 e. The molecule has 2 amide bonds. The molecule has 1 heterocycles. The van der Waals surface area contributed by atoms with E-state index >= 15 is 0 Å². The number of halogens is 1. The van der Waals surface area contributed by atoms with E-state index in [1.807, 2.05) is 0 Å². The number of nitrogens with two attached hydrogens (primary N) is 1. The van der Waals surface area contributed by atoms with Gasteiger partial charge < -0.3 is 15.8 Å². The highest BCUT2D eigenvalue weighted by Crippen LogP contribution is 2.64. The number of hydrogen-bond donors (Lipinski definition) is 2. The van der Waals surface area contributed by atoms with E-state index in [1.165, 1.54) is 17.8 Å². The first-order valence-electron chi connectivity index (χ1n) is 9.28. The van der Waals surface area contributed by atoms with Crippen LogP contribution in [0.2, 0.25) is 0 Å². The highest BCUT2D eigenvalue weighted by atomic mass is 79.9. The molecule has 4 saturated carbocycles. The molecule has 6 nitrogen and oxygen atoms in total. The fraction of sp³-hybridized carbons (Fsp3) is 0.632. The van der Waals surface area contributed by atoms with Gasteiger partial charge in [-0.15, -0.1) is 11.3 Å². The SMILES string of the molecule is CC(OC(=O)C12CC3CC(CC(Br)(C3)C1)C2)C(=O)Nc1sccc1C(N)=O. The summed E-state index contributed by atoms with van der Waals surface area (Å²) in [4.78, 5) is 36.9. The van der Waals surface area contributed by atoms with E-state index in [2.05, 4.69) is 21.2 Å². The van der Waals surface area contributed by atoms with Gasteiger partial charge in [-0.05, 0) is 68.7 Å². The van der Waals surface area contributed by atoms with E-state index in [-0.39, 0.29) is 15.9 Å². The first-order chi connectivity index (χ1) is 12.7. The highest BCUT2D eigenvalue weighted by Gasteiger charge is 2.60. The lowest BCUT2D eigenvalue weighted by Crippen LogP contribution is -2.56. The van der Waals surface area contributed by atoms with Crippen LogP contribution in [0.1, 0.15) is 55.8 Å². The number of ether oxygens (including phenoxy) is 1. The summed E-state index contributed by atoms with van der Waals surface area (Å²) in [5.41, 5.74) is 5.09. The van der Waals surface area contributed by atoms with Crippen LogP contribution in [0.15, 0.2) is 11.4 Å². The molecular formula is C19H23BrN2O4S.